The molecule has 2 aromatic carbocycles. The van der Waals surface area contributed by atoms with Crippen molar-refractivity contribution in [3.8, 4) is 0 Å². The average molecular weight is 360 g/mol. The fourth-order valence-corrected chi connectivity index (χ4v) is 4.32. The molecule has 0 saturated carbocycles. The molecule has 0 spiro atoms. The minimum Gasteiger partial charge on any atom is -0.362 e. The van der Waals surface area contributed by atoms with Crippen LogP contribution in [0.3, 0.4) is 0 Å². The number of ketones is 3. The van der Waals surface area contributed by atoms with Crippen molar-refractivity contribution in [2.24, 2.45) is 11.8 Å². The van der Waals surface area contributed by atoms with Crippen molar-refractivity contribution in [2.75, 3.05) is 0 Å². The van der Waals surface area contributed by atoms with E-state index in [0.29, 0.717) is 11.1 Å². The molecule has 1 saturated heterocycles. The molecule has 1 fully saturated rings. The second-order valence-corrected chi connectivity index (χ2v) is 7.24. The molecule has 2 aliphatic heterocycles. The average Bonchev–Trinajstić information content (AvgIpc) is 3.23. The maximum absolute atomic E-state index is 13.4. The Balaban J connectivity index is 1.78. The van der Waals surface area contributed by atoms with Crippen LogP contribution in [0.15, 0.2) is 72.8 Å². The molecule has 0 aliphatic carbocycles. The van der Waals surface area contributed by atoms with Gasteiger partial charge >= 0.3 is 0 Å². The summed E-state index contributed by atoms with van der Waals surface area (Å²) in [5.41, 5.74) is 0.0372. The van der Waals surface area contributed by atoms with E-state index in [2.05, 4.69) is 0 Å². The molecule has 2 aliphatic rings. The molecule has 4 rings (SSSR count). The van der Waals surface area contributed by atoms with Crippen molar-refractivity contribution < 1.29 is 19.1 Å². The maximum Gasteiger partial charge on any atom is 0.170 e. The Morgan fingerprint density at radius 2 is 1.44 bits per heavy atom. The second-order valence-electron chi connectivity index (χ2n) is 7.24. The molecule has 136 valence electrons. The van der Waals surface area contributed by atoms with Crippen LogP contribution in [0.4, 0.5) is 0 Å². The Morgan fingerprint density at radius 1 is 0.889 bits per heavy atom. The van der Waals surface area contributed by atoms with Gasteiger partial charge in [-0.2, -0.15) is 0 Å². The fourth-order valence-electron chi connectivity index (χ4n) is 4.32. The van der Waals surface area contributed by atoms with E-state index in [4.69, 9.17) is 4.74 Å². The van der Waals surface area contributed by atoms with E-state index >= 15 is 0 Å². The number of hydrogen-bond donors (Lipinski definition) is 0. The first-order chi connectivity index (χ1) is 13.0. The van der Waals surface area contributed by atoms with E-state index < -0.39 is 23.5 Å². The molecule has 0 unspecified atom stereocenters. The first kappa shape index (κ1) is 17.6. The molecule has 0 amide bonds. The zero-order valence-corrected chi connectivity index (χ0v) is 15.0. The molecule has 2 heterocycles. The summed E-state index contributed by atoms with van der Waals surface area (Å²) in [7, 11) is 0. The molecule has 27 heavy (non-hydrogen) atoms. The molecule has 0 aromatic heterocycles. The van der Waals surface area contributed by atoms with Crippen molar-refractivity contribution >= 4 is 17.3 Å². The van der Waals surface area contributed by atoms with Gasteiger partial charge in [0.15, 0.2) is 11.6 Å². The van der Waals surface area contributed by atoms with Crippen LogP contribution < -0.4 is 0 Å². The van der Waals surface area contributed by atoms with Crippen LogP contribution in [0, 0.1) is 11.8 Å². The van der Waals surface area contributed by atoms with Crippen molar-refractivity contribution in [3.05, 3.63) is 83.9 Å². The molecule has 4 nitrogen and oxygen atoms in total. The number of carbonyl (C=O) groups excluding carboxylic acids is 3. The van der Waals surface area contributed by atoms with Gasteiger partial charge in [-0.05, 0) is 6.92 Å². The van der Waals surface area contributed by atoms with E-state index in [9.17, 15) is 14.4 Å². The van der Waals surface area contributed by atoms with Gasteiger partial charge in [0.1, 0.15) is 11.4 Å². The SMILES string of the molecule is CC(=O)C[C@@]12C=C[C@@H](O1)[C@@H](C(=O)c1ccccc1)[C@@H]2C(=O)c1ccccc1. The van der Waals surface area contributed by atoms with Crippen LogP contribution in [0.5, 0.6) is 0 Å². The first-order valence-electron chi connectivity index (χ1n) is 9.07. The quantitative estimate of drug-likeness (QED) is 0.582. The van der Waals surface area contributed by atoms with Crippen LogP contribution in [0.2, 0.25) is 0 Å². The molecule has 0 radical (unpaired) electrons. The molecule has 4 heteroatoms. The summed E-state index contributed by atoms with van der Waals surface area (Å²) in [4.78, 5) is 38.6. The summed E-state index contributed by atoms with van der Waals surface area (Å²) in [6, 6.07) is 17.9. The van der Waals surface area contributed by atoms with Crippen LogP contribution in [-0.4, -0.2) is 29.1 Å². The van der Waals surface area contributed by atoms with E-state index in [-0.39, 0.29) is 23.8 Å². The highest BCUT2D eigenvalue weighted by Crippen LogP contribution is 2.51. The molecular formula is C23H20O4. The number of hydrogen-bond acceptors (Lipinski definition) is 4. The standard InChI is InChI=1S/C23H20O4/c1-15(24)14-23-13-12-18(27-23)19(21(25)16-8-4-2-5-9-16)20(23)22(26)17-10-6-3-7-11-17/h2-13,18-20H,14H2,1H3/t18-,19-,20-,23-/m1/s1. The number of fused-ring (bicyclic) bond motifs is 2. The zero-order chi connectivity index (χ0) is 19.0. The predicted molar refractivity (Wildman–Crippen MR) is 101 cm³/mol. The van der Waals surface area contributed by atoms with Crippen molar-refractivity contribution in [3.63, 3.8) is 0 Å². The lowest BCUT2D eigenvalue weighted by atomic mass is 9.68. The van der Waals surface area contributed by atoms with Gasteiger partial charge in [0.05, 0.1) is 17.9 Å². The van der Waals surface area contributed by atoms with Gasteiger partial charge in [-0.1, -0.05) is 72.8 Å². The lowest BCUT2D eigenvalue weighted by Gasteiger charge is -2.31. The summed E-state index contributed by atoms with van der Waals surface area (Å²) >= 11 is 0. The highest BCUT2D eigenvalue weighted by molar-refractivity contribution is 6.07. The minimum absolute atomic E-state index is 0.0704. The molecule has 2 bridgehead atoms. The summed E-state index contributed by atoms with van der Waals surface area (Å²) in [5, 5.41) is 0. The highest BCUT2D eigenvalue weighted by atomic mass is 16.5. The second kappa shape index (κ2) is 6.71. The topological polar surface area (TPSA) is 60.4 Å². The van der Waals surface area contributed by atoms with Gasteiger partial charge in [-0.25, -0.2) is 0 Å². The summed E-state index contributed by atoms with van der Waals surface area (Å²) in [5.74, 6) is -1.70. The minimum atomic E-state index is -1.04. The van der Waals surface area contributed by atoms with Gasteiger partial charge in [0, 0.05) is 17.5 Å². The molecule has 0 N–H and O–H groups in total. The number of ether oxygens (including phenoxy) is 1. The Kier molecular flexibility index (Phi) is 4.36. The normalized spacial score (nSPS) is 28.3. The Labute approximate surface area is 157 Å². The van der Waals surface area contributed by atoms with Gasteiger partial charge < -0.3 is 4.74 Å². The van der Waals surface area contributed by atoms with E-state index in [0.717, 1.165) is 0 Å². The van der Waals surface area contributed by atoms with E-state index in [1.807, 2.05) is 18.2 Å². The van der Waals surface area contributed by atoms with E-state index in [1.165, 1.54) is 6.92 Å². The Morgan fingerprint density at radius 3 is 2.00 bits per heavy atom. The number of carbonyl (C=O) groups is 3. The Hall–Kier alpha value is -2.85. The highest BCUT2D eigenvalue weighted by Gasteiger charge is 2.61. The van der Waals surface area contributed by atoms with Crippen molar-refractivity contribution in [2.45, 2.75) is 25.0 Å². The third kappa shape index (κ3) is 2.96. The molecule has 4 atom stereocenters. The lowest BCUT2D eigenvalue weighted by molar-refractivity contribution is -0.121. The maximum atomic E-state index is 13.4. The monoisotopic (exact) mass is 360 g/mol. The number of benzene rings is 2. The van der Waals surface area contributed by atoms with Crippen LogP contribution in [-0.2, 0) is 9.53 Å². The number of rotatable bonds is 6. The van der Waals surface area contributed by atoms with Crippen LogP contribution in [0.1, 0.15) is 34.1 Å². The van der Waals surface area contributed by atoms with Gasteiger partial charge in [0.2, 0.25) is 0 Å². The van der Waals surface area contributed by atoms with Gasteiger partial charge in [-0.15, -0.1) is 0 Å². The molecular weight excluding hydrogens is 340 g/mol. The third-order valence-electron chi connectivity index (χ3n) is 5.39. The summed E-state index contributed by atoms with van der Waals surface area (Å²) in [6.45, 7) is 1.48. The van der Waals surface area contributed by atoms with E-state index in [1.54, 1.807) is 54.6 Å². The largest absolute Gasteiger partial charge is 0.362 e. The predicted octanol–water partition coefficient (Wildman–Crippen LogP) is 3.67. The fraction of sp³-hybridized carbons (Fsp3) is 0.261. The zero-order valence-electron chi connectivity index (χ0n) is 15.0. The third-order valence-corrected chi connectivity index (χ3v) is 5.39. The molecule has 2 aromatic rings. The summed E-state index contributed by atoms with van der Waals surface area (Å²) in [6.07, 6.45) is 3.22. The Bertz CT molecular complexity index is 916. The van der Waals surface area contributed by atoms with Crippen LogP contribution in [0.25, 0.3) is 0 Å². The van der Waals surface area contributed by atoms with Gasteiger partial charge in [0.25, 0.3) is 0 Å². The smallest absolute Gasteiger partial charge is 0.170 e. The first-order valence-corrected chi connectivity index (χ1v) is 9.07. The number of Topliss-reactive ketones (excluding diaryl/α,β-unsaturated/α-hetero) is 3. The van der Waals surface area contributed by atoms with Gasteiger partial charge in [-0.3, -0.25) is 14.4 Å². The van der Waals surface area contributed by atoms with Crippen LogP contribution >= 0.6 is 0 Å². The lowest BCUT2D eigenvalue weighted by Crippen LogP contribution is -2.44. The van der Waals surface area contributed by atoms with Crippen molar-refractivity contribution in [1.29, 1.82) is 0 Å². The summed E-state index contributed by atoms with van der Waals surface area (Å²) < 4.78 is 6.11. The van der Waals surface area contributed by atoms with Crippen molar-refractivity contribution in [1.82, 2.24) is 0 Å².